The summed E-state index contributed by atoms with van der Waals surface area (Å²) in [6.07, 6.45) is 2.70. The van der Waals surface area contributed by atoms with E-state index in [1.54, 1.807) is 0 Å². The second-order valence-corrected chi connectivity index (χ2v) is 5.89. The molecule has 16 heavy (non-hydrogen) atoms. The molecule has 1 aliphatic rings. The average Bonchev–Trinajstić information content (AvgIpc) is 2.25. The van der Waals surface area contributed by atoms with Gasteiger partial charge in [0.25, 0.3) is 0 Å². The van der Waals surface area contributed by atoms with Gasteiger partial charge in [0.05, 0.1) is 12.8 Å². The molecule has 0 unspecified atom stereocenters. The highest BCUT2D eigenvalue weighted by Gasteiger charge is 2.24. The van der Waals surface area contributed by atoms with Crippen molar-refractivity contribution in [1.82, 2.24) is 9.62 Å². The van der Waals surface area contributed by atoms with E-state index >= 15 is 0 Å². The molecule has 0 spiro atoms. The van der Waals surface area contributed by atoms with Crippen LogP contribution in [0.3, 0.4) is 0 Å². The van der Waals surface area contributed by atoms with Gasteiger partial charge in [-0.25, -0.2) is 12.7 Å². The van der Waals surface area contributed by atoms with Crippen molar-refractivity contribution in [2.75, 3.05) is 25.9 Å². The third kappa shape index (κ3) is 3.95. The summed E-state index contributed by atoms with van der Waals surface area (Å²) in [5.74, 6) is 0.130. The van der Waals surface area contributed by atoms with E-state index in [0.29, 0.717) is 19.6 Å². The van der Waals surface area contributed by atoms with Crippen molar-refractivity contribution in [2.45, 2.75) is 18.9 Å². The Kier molecular flexibility index (Phi) is 4.51. The number of oxime groups is 1. The van der Waals surface area contributed by atoms with E-state index in [0.717, 1.165) is 12.8 Å². The minimum atomic E-state index is -3.07. The molecule has 0 amide bonds. The summed E-state index contributed by atoms with van der Waals surface area (Å²) in [6.45, 7) is 1.36. The lowest BCUT2D eigenvalue weighted by Crippen LogP contribution is -2.46. The Morgan fingerprint density at radius 3 is 2.56 bits per heavy atom. The summed E-state index contributed by atoms with van der Waals surface area (Å²) in [6, 6.07) is 0.221. The number of rotatable bonds is 4. The van der Waals surface area contributed by atoms with Crippen LogP contribution in [0.1, 0.15) is 12.8 Å². The third-order valence-corrected chi connectivity index (χ3v) is 3.93. The van der Waals surface area contributed by atoms with E-state index in [1.165, 1.54) is 10.6 Å². The Bertz CT molecular complexity index is 346. The molecule has 1 aliphatic heterocycles. The molecular formula is C8H18N4O3S. The molecule has 94 valence electrons. The first-order chi connectivity index (χ1) is 7.43. The SMILES string of the molecule is CS(=O)(=O)N1CCC(NCC(N)=NO)CC1. The number of nitrogens with one attached hydrogen (secondary N) is 1. The van der Waals surface area contributed by atoms with Crippen molar-refractivity contribution < 1.29 is 13.6 Å². The van der Waals surface area contributed by atoms with Gasteiger partial charge in [-0.05, 0) is 12.8 Å². The first-order valence-corrected chi connectivity index (χ1v) is 6.93. The molecule has 0 aromatic heterocycles. The van der Waals surface area contributed by atoms with Crippen molar-refractivity contribution >= 4 is 15.9 Å². The molecule has 4 N–H and O–H groups in total. The van der Waals surface area contributed by atoms with Gasteiger partial charge in [-0.2, -0.15) is 0 Å². The van der Waals surface area contributed by atoms with Gasteiger partial charge < -0.3 is 16.3 Å². The van der Waals surface area contributed by atoms with E-state index < -0.39 is 10.0 Å². The predicted molar refractivity (Wildman–Crippen MR) is 60.9 cm³/mol. The van der Waals surface area contributed by atoms with Crippen molar-refractivity contribution in [3.63, 3.8) is 0 Å². The van der Waals surface area contributed by atoms with Crippen LogP contribution < -0.4 is 11.1 Å². The number of nitrogens with two attached hydrogens (primary N) is 1. The van der Waals surface area contributed by atoms with Crippen LogP contribution in [0.25, 0.3) is 0 Å². The van der Waals surface area contributed by atoms with Gasteiger partial charge in [0.1, 0.15) is 0 Å². The Morgan fingerprint density at radius 2 is 2.12 bits per heavy atom. The minimum Gasteiger partial charge on any atom is -0.409 e. The van der Waals surface area contributed by atoms with Crippen LogP contribution in [-0.2, 0) is 10.0 Å². The van der Waals surface area contributed by atoms with Gasteiger partial charge in [0.2, 0.25) is 10.0 Å². The molecule has 7 nitrogen and oxygen atoms in total. The molecule has 1 rings (SSSR count). The molecule has 0 aromatic rings. The molecule has 0 bridgehead atoms. The van der Waals surface area contributed by atoms with Gasteiger partial charge in [-0.15, -0.1) is 0 Å². The maximum Gasteiger partial charge on any atom is 0.211 e. The summed E-state index contributed by atoms with van der Waals surface area (Å²) < 4.78 is 23.9. The quantitative estimate of drug-likeness (QED) is 0.250. The zero-order chi connectivity index (χ0) is 12.2. The number of hydrogen-bond donors (Lipinski definition) is 3. The summed E-state index contributed by atoms with van der Waals surface area (Å²) in [5, 5.41) is 14.3. The standard InChI is InChI=1S/C8H18N4O3S/c1-16(14,15)12-4-2-7(3-5-12)10-6-8(9)11-13/h7,10,13H,2-6H2,1H3,(H2,9,11). The van der Waals surface area contributed by atoms with Crippen LogP contribution in [0.5, 0.6) is 0 Å². The van der Waals surface area contributed by atoms with Crippen molar-refractivity contribution in [2.24, 2.45) is 10.9 Å². The Labute approximate surface area is 95.3 Å². The van der Waals surface area contributed by atoms with Crippen LogP contribution in [-0.4, -0.2) is 55.7 Å². The van der Waals surface area contributed by atoms with Crippen molar-refractivity contribution in [1.29, 1.82) is 0 Å². The van der Waals surface area contributed by atoms with Crippen molar-refractivity contribution in [3.05, 3.63) is 0 Å². The fraction of sp³-hybridized carbons (Fsp3) is 0.875. The van der Waals surface area contributed by atoms with Crippen LogP contribution in [0.15, 0.2) is 5.16 Å². The molecule has 0 saturated carbocycles. The molecule has 0 atom stereocenters. The second-order valence-electron chi connectivity index (χ2n) is 3.91. The summed E-state index contributed by atoms with van der Waals surface area (Å²) >= 11 is 0. The Balaban J connectivity index is 2.33. The summed E-state index contributed by atoms with van der Waals surface area (Å²) in [4.78, 5) is 0. The highest BCUT2D eigenvalue weighted by Crippen LogP contribution is 2.12. The van der Waals surface area contributed by atoms with Gasteiger partial charge in [0.15, 0.2) is 5.84 Å². The molecule has 0 aliphatic carbocycles. The van der Waals surface area contributed by atoms with Crippen LogP contribution in [0.4, 0.5) is 0 Å². The molecule has 1 heterocycles. The van der Waals surface area contributed by atoms with Gasteiger partial charge >= 0.3 is 0 Å². The van der Waals surface area contributed by atoms with E-state index in [9.17, 15) is 8.42 Å². The normalized spacial score (nSPS) is 21.2. The first kappa shape index (κ1) is 13.2. The van der Waals surface area contributed by atoms with Gasteiger partial charge in [-0.3, -0.25) is 0 Å². The Morgan fingerprint density at radius 1 is 1.56 bits per heavy atom. The molecule has 1 fully saturated rings. The Hall–Kier alpha value is -0.860. The lowest BCUT2D eigenvalue weighted by molar-refractivity contribution is 0.294. The average molecular weight is 250 g/mol. The fourth-order valence-electron chi connectivity index (χ4n) is 1.68. The predicted octanol–water partition coefficient (Wildman–Crippen LogP) is -1.25. The van der Waals surface area contributed by atoms with Crippen LogP contribution >= 0.6 is 0 Å². The molecule has 0 radical (unpaired) electrons. The van der Waals surface area contributed by atoms with Gasteiger partial charge in [-0.1, -0.05) is 5.16 Å². The van der Waals surface area contributed by atoms with Gasteiger partial charge in [0, 0.05) is 19.1 Å². The lowest BCUT2D eigenvalue weighted by Gasteiger charge is -2.30. The molecular weight excluding hydrogens is 232 g/mol. The van der Waals surface area contributed by atoms with Crippen molar-refractivity contribution in [3.8, 4) is 0 Å². The number of amidine groups is 1. The molecule has 8 heteroatoms. The van der Waals surface area contributed by atoms with E-state index in [4.69, 9.17) is 10.9 Å². The molecule has 1 saturated heterocycles. The summed E-state index contributed by atoms with van der Waals surface area (Å²) in [7, 11) is -3.07. The van der Waals surface area contributed by atoms with Crippen LogP contribution in [0, 0.1) is 0 Å². The lowest BCUT2D eigenvalue weighted by atomic mass is 10.1. The third-order valence-electron chi connectivity index (χ3n) is 2.62. The highest BCUT2D eigenvalue weighted by atomic mass is 32.2. The van der Waals surface area contributed by atoms with E-state index in [-0.39, 0.29) is 11.9 Å². The highest BCUT2D eigenvalue weighted by molar-refractivity contribution is 7.88. The van der Waals surface area contributed by atoms with E-state index in [2.05, 4.69) is 10.5 Å². The first-order valence-electron chi connectivity index (χ1n) is 5.08. The number of hydrogen-bond acceptors (Lipinski definition) is 5. The topological polar surface area (TPSA) is 108 Å². The number of sulfonamides is 1. The molecule has 0 aromatic carbocycles. The largest absolute Gasteiger partial charge is 0.409 e. The smallest absolute Gasteiger partial charge is 0.211 e. The van der Waals surface area contributed by atoms with E-state index in [1.807, 2.05) is 0 Å². The maximum absolute atomic E-state index is 11.2. The number of piperidine rings is 1. The minimum absolute atomic E-state index is 0.130. The zero-order valence-corrected chi connectivity index (χ0v) is 10.1. The number of nitrogens with zero attached hydrogens (tertiary/aromatic N) is 2. The van der Waals surface area contributed by atoms with Crippen LogP contribution in [0.2, 0.25) is 0 Å². The monoisotopic (exact) mass is 250 g/mol. The fourth-order valence-corrected chi connectivity index (χ4v) is 2.55. The maximum atomic E-state index is 11.2. The zero-order valence-electron chi connectivity index (χ0n) is 9.26. The summed E-state index contributed by atoms with van der Waals surface area (Å²) in [5.41, 5.74) is 5.32. The second kappa shape index (κ2) is 5.46.